The number of hydrogen-bond acceptors (Lipinski definition) is 2. The van der Waals surface area contributed by atoms with Crippen molar-refractivity contribution in [1.82, 2.24) is 4.57 Å². The molecule has 0 bridgehead atoms. The summed E-state index contributed by atoms with van der Waals surface area (Å²) < 4.78 is 4.99. The Morgan fingerprint density at radius 2 is 0.810 bits per heavy atom. The summed E-state index contributed by atoms with van der Waals surface area (Å²) in [5.74, 6) is 0. The minimum Gasteiger partial charge on any atom is -0.309 e. The minimum absolute atomic E-state index is 1.12. The van der Waals surface area contributed by atoms with Crippen molar-refractivity contribution in [3.8, 4) is 5.69 Å². The number of benzene rings is 9. The van der Waals surface area contributed by atoms with Crippen LogP contribution in [-0.4, -0.2) is 12.6 Å². The zero-order valence-corrected chi connectivity index (χ0v) is 33.6. The van der Waals surface area contributed by atoms with Gasteiger partial charge in [0.1, 0.15) is 0 Å². The highest BCUT2D eigenvalue weighted by Crippen LogP contribution is 2.48. The number of fused-ring (bicyclic) bond motifs is 6. The normalized spacial score (nSPS) is 11.8. The van der Waals surface area contributed by atoms with Crippen LogP contribution in [0.2, 0.25) is 0 Å². The fourth-order valence-corrected chi connectivity index (χ4v) is 15.2. The molecule has 0 unspecified atom stereocenters. The van der Waals surface area contributed by atoms with Crippen molar-refractivity contribution in [1.29, 1.82) is 0 Å². The number of para-hydroxylation sites is 2. The Hall–Kier alpha value is -6.98. The van der Waals surface area contributed by atoms with Crippen molar-refractivity contribution in [3.63, 3.8) is 0 Å². The molecule has 9 aromatic carbocycles. The molecule has 0 saturated carbocycles. The first-order valence-electron chi connectivity index (χ1n) is 19.9. The van der Waals surface area contributed by atoms with Gasteiger partial charge in [-0.1, -0.05) is 170 Å². The summed E-state index contributed by atoms with van der Waals surface area (Å²) in [6.45, 7) is 0. The molecule has 0 saturated heterocycles. The van der Waals surface area contributed by atoms with Crippen molar-refractivity contribution < 1.29 is 0 Å². The molecule has 2 heterocycles. The highest BCUT2D eigenvalue weighted by atomic mass is 32.1. The number of rotatable bonds is 8. The molecule has 11 aromatic rings. The SMILES string of the molecule is c1ccc(-n2c3ccccc3c3c(N(c4ccc([Si](c5ccccc5)(c5ccccc5)c5ccccc5)cc4)c4cccc5sc6ccccc6c45)cccc32)cc1. The summed E-state index contributed by atoms with van der Waals surface area (Å²) in [5, 5.41) is 10.5. The third-order valence-electron chi connectivity index (χ3n) is 11.7. The summed E-state index contributed by atoms with van der Waals surface area (Å²) in [4.78, 5) is 2.52. The molecule has 2 aromatic heterocycles. The van der Waals surface area contributed by atoms with Gasteiger partial charge in [-0.2, -0.15) is 0 Å². The van der Waals surface area contributed by atoms with Gasteiger partial charge in [-0.3, -0.25) is 0 Å². The van der Waals surface area contributed by atoms with E-state index in [9.17, 15) is 0 Å². The second-order valence-electron chi connectivity index (χ2n) is 14.8. The number of thiophene rings is 1. The molecule has 0 fully saturated rings. The second-order valence-corrected chi connectivity index (χ2v) is 19.7. The maximum atomic E-state index is 2.52. The largest absolute Gasteiger partial charge is 0.309 e. The summed E-state index contributed by atoms with van der Waals surface area (Å²) in [7, 11) is -2.72. The van der Waals surface area contributed by atoms with Gasteiger partial charge in [0.15, 0.2) is 8.07 Å². The van der Waals surface area contributed by atoms with Crippen LogP contribution in [-0.2, 0) is 0 Å². The minimum atomic E-state index is -2.72. The fraction of sp³-hybridized carbons (Fsp3) is 0. The van der Waals surface area contributed by atoms with E-state index in [1.165, 1.54) is 68.4 Å². The number of nitrogens with zero attached hydrogens (tertiary/aromatic N) is 2. The monoisotopic (exact) mass is 774 g/mol. The van der Waals surface area contributed by atoms with Gasteiger partial charge in [-0.05, 0) is 81.4 Å². The molecular weight excluding hydrogens is 737 g/mol. The lowest BCUT2D eigenvalue weighted by Gasteiger charge is -2.35. The summed E-state index contributed by atoms with van der Waals surface area (Å²) in [5.41, 5.74) is 6.96. The molecule has 274 valence electrons. The molecule has 11 rings (SSSR count). The molecule has 0 radical (unpaired) electrons. The van der Waals surface area contributed by atoms with E-state index in [0.717, 1.165) is 17.1 Å². The van der Waals surface area contributed by atoms with Gasteiger partial charge >= 0.3 is 0 Å². The van der Waals surface area contributed by atoms with Gasteiger partial charge in [-0.15, -0.1) is 11.3 Å². The lowest BCUT2D eigenvalue weighted by atomic mass is 10.1. The molecule has 4 heteroatoms. The quantitative estimate of drug-likeness (QED) is 0.110. The summed E-state index contributed by atoms with van der Waals surface area (Å²) in [6.07, 6.45) is 0. The molecule has 0 amide bonds. The van der Waals surface area contributed by atoms with E-state index >= 15 is 0 Å². The van der Waals surface area contributed by atoms with Gasteiger partial charge < -0.3 is 9.47 Å². The van der Waals surface area contributed by atoms with Crippen LogP contribution in [0.4, 0.5) is 17.1 Å². The van der Waals surface area contributed by atoms with Crippen molar-refractivity contribution in [2.75, 3.05) is 4.90 Å². The Morgan fingerprint density at radius 3 is 1.45 bits per heavy atom. The molecular formula is C54H38N2SSi. The highest BCUT2D eigenvalue weighted by molar-refractivity contribution is 7.26. The molecule has 58 heavy (non-hydrogen) atoms. The van der Waals surface area contributed by atoms with Crippen LogP contribution in [0, 0.1) is 0 Å². The summed E-state index contributed by atoms with van der Waals surface area (Å²) in [6, 6.07) is 85.1. The van der Waals surface area contributed by atoms with Crippen LogP contribution < -0.4 is 25.6 Å². The Bertz CT molecular complexity index is 3110. The number of hydrogen-bond donors (Lipinski definition) is 0. The first-order chi connectivity index (χ1) is 28.8. The lowest BCUT2D eigenvalue weighted by Crippen LogP contribution is -2.74. The third-order valence-corrected chi connectivity index (χ3v) is 17.7. The molecule has 0 aliphatic rings. The number of anilines is 3. The topological polar surface area (TPSA) is 8.17 Å². The van der Waals surface area contributed by atoms with E-state index in [-0.39, 0.29) is 0 Å². The fourth-order valence-electron chi connectivity index (χ4n) is 9.32. The maximum absolute atomic E-state index is 2.72. The first kappa shape index (κ1) is 34.3. The van der Waals surface area contributed by atoms with E-state index in [4.69, 9.17) is 0 Å². The predicted molar refractivity (Wildman–Crippen MR) is 252 cm³/mol. The van der Waals surface area contributed by atoms with Crippen molar-refractivity contribution >= 4 is 99.2 Å². The van der Waals surface area contributed by atoms with E-state index in [0.29, 0.717) is 0 Å². The van der Waals surface area contributed by atoms with Crippen molar-refractivity contribution in [2.24, 2.45) is 0 Å². The van der Waals surface area contributed by atoms with Gasteiger partial charge in [0, 0.05) is 42.3 Å². The molecule has 2 nitrogen and oxygen atoms in total. The smallest absolute Gasteiger partial charge is 0.179 e. The van der Waals surface area contributed by atoms with Crippen LogP contribution >= 0.6 is 11.3 Å². The van der Waals surface area contributed by atoms with Crippen LogP contribution in [0.3, 0.4) is 0 Å². The lowest BCUT2D eigenvalue weighted by molar-refractivity contribution is 1.18. The second kappa shape index (κ2) is 14.2. The van der Waals surface area contributed by atoms with E-state index in [2.05, 4.69) is 240 Å². The Balaban J connectivity index is 1.21. The van der Waals surface area contributed by atoms with Gasteiger partial charge in [0.05, 0.1) is 22.4 Å². The first-order valence-corrected chi connectivity index (χ1v) is 22.7. The molecule has 0 spiro atoms. The summed E-state index contributed by atoms with van der Waals surface area (Å²) >= 11 is 1.86. The Kier molecular flexibility index (Phi) is 8.39. The zero-order valence-electron chi connectivity index (χ0n) is 31.7. The van der Waals surface area contributed by atoms with Gasteiger partial charge in [0.2, 0.25) is 0 Å². The zero-order chi connectivity index (χ0) is 38.5. The highest BCUT2D eigenvalue weighted by Gasteiger charge is 2.41. The van der Waals surface area contributed by atoms with Crippen LogP contribution in [0.1, 0.15) is 0 Å². The van der Waals surface area contributed by atoms with E-state index in [1.807, 2.05) is 11.3 Å². The maximum Gasteiger partial charge on any atom is 0.179 e. The van der Waals surface area contributed by atoms with Gasteiger partial charge in [-0.25, -0.2) is 0 Å². The average molecular weight is 775 g/mol. The molecule has 0 aliphatic heterocycles. The van der Waals surface area contributed by atoms with Crippen LogP contribution in [0.25, 0.3) is 47.7 Å². The number of aromatic nitrogens is 1. The van der Waals surface area contributed by atoms with Crippen molar-refractivity contribution in [2.45, 2.75) is 0 Å². The van der Waals surface area contributed by atoms with E-state index < -0.39 is 8.07 Å². The van der Waals surface area contributed by atoms with Crippen molar-refractivity contribution in [3.05, 3.63) is 231 Å². The Morgan fingerprint density at radius 1 is 0.345 bits per heavy atom. The third kappa shape index (κ3) is 5.37. The molecule has 0 N–H and O–H groups in total. The average Bonchev–Trinajstić information content (AvgIpc) is 3.86. The van der Waals surface area contributed by atoms with Crippen LogP contribution in [0.5, 0.6) is 0 Å². The molecule has 0 aliphatic carbocycles. The van der Waals surface area contributed by atoms with E-state index in [1.54, 1.807) is 0 Å². The predicted octanol–water partition coefficient (Wildman–Crippen LogP) is 12.0. The van der Waals surface area contributed by atoms with Gasteiger partial charge in [0.25, 0.3) is 0 Å². The Labute approximate surface area is 343 Å². The molecule has 0 atom stereocenters. The standard InChI is InChI=1S/C54H38N2SSi/c1-5-19-39(20-6-1)55-47-29-15-13-27-45(47)53-48(55)30-17-31-49(53)56(50-32-18-34-52-54(50)46-28-14-16-33-51(46)57-52)40-35-37-44(38-36-40)58(41-21-7-2-8-22-41,42-23-9-3-10-24-42)43-25-11-4-12-26-43/h1-38H. The van der Waals surface area contributed by atoms with Crippen LogP contribution in [0.15, 0.2) is 231 Å².